The summed E-state index contributed by atoms with van der Waals surface area (Å²) in [5.74, 6) is -0.125. The number of sulfonamides is 1. The quantitative estimate of drug-likeness (QED) is 0.809. The first kappa shape index (κ1) is 17.7. The average Bonchev–Trinajstić information content (AvgIpc) is 3.05. The molecule has 1 amide bonds. The average molecular weight is 373 g/mol. The van der Waals surface area contributed by atoms with Crippen molar-refractivity contribution in [3.8, 4) is 0 Å². The van der Waals surface area contributed by atoms with E-state index in [0.29, 0.717) is 44.1 Å². The van der Waals surface area contributed by atoms with Gasteiger partial charge in [-0.3, -0.25) is 4.79 Å². The van der Waals surface area contributed by atoms with Crippen LogP contribution < -0.4 is 0 Å². The topological polar surface area (TPSA) is 66.9 Å². The van der Waals surface area contributed by atoms with Crippen LogP contribution in [0.2, 0.25) is 5.02 Å². The van der Waals surface area contributed by atoms with Crippen LogP contribution in [0.3, 0.4) is 0 Å². The molecule has 0 aromatic heterocycles. The van der Waals surface area contributed by atoms with Crippen LogP contribution in [0.4, 0.5) is 0 Å². The molecular weight excluding hydrogens is 352 g/mol. The number of carbonyl (C=O) groups excluding carboxylic acids is 1. The standard InChI is InChI=1S/C16H21ClN2O4S/c1-24(21,22)19-8-2-3-14(19)16(20)18-9-10-23-15(11-18)12-4-6-13(17)7-5-12/h4-7,14-15H,2-3,8-11H2,1H3. The number of carbonyl (C=O) groups is 1. The van der Waals surface area contributed by atoms with Crippen molar-refractivity contribution in [1.82, 2.24) is 9.21 Å². The number of rotatable bonds is 3. The molecule has 2 atom stereocenters. The molecule has 2 fully saturated rings. The van der Waals surface area contributed by atoms with Crippen LogP contribution >= 0.6 is 11.6 Å². The predicted molar refractivity (Wildman–Crippen MR) is 91.3 cm³/mol. The Balaban J connectivity index is 1.72. The van der Waals surface area contributed by atoms with Crippen LogP contribution in [-0.4, -0.2) is 62.1 Å². The number of hydrogen-bond donors (Lipinski definition) is 0. The summed E-state index contributed by atoms with van der Waals surface area (Å²) in [5.41, 5.74) is 0.961. The molecule has 0 aliphatic carbocycles. The number of ether oxygens (including phenoxy) is 1. The van der Waals surface area contributed by atoms with Crippen LogP contribution in [0.25, 0.3) is 0 Å². The minimum Gasteiger partial charge on any atom is -0.370 e. The van der Waals surface area contributed by atoms with E-state index < -0.39 is 16.1 Å². The highest BCUT2D eigenvalue weighted by Crippen LogP contribution is 2.27. The number of hydrogen-bond acceptors (Lipinski definition) is 4. The van der Waals surface area contributed by atoms with E-state index in [4.69, 9.17) is 16.3 Å². The van der Waals surface area contributed by atoms with Gasteiger partial charge in [0.25, 0.3) is 0 Å². The van der Waals surface area contributed by atoms with Crippen LogP contribution in [0, 0.1) is 0 Å². The van der Waals surface area contributed by atoms with Crippen LogP contribution in [0.5, 0.6) is 0 Å². The maximum Gasteiger partial charge on any atom is 0.241 e. The Kier molecular flexibility index (Phi) is 5.15. The van der Waals surface area contributed by atoms with Crippen LogP contribution in [-0.2, 0) is 19.6 Å². The number of halogens is 1. The Labute approximate surface area is 147 Å². The van der Waals surface area contributed by atoms with Crippen molar-refractivity contribution >= 4 is 27.5 Å². The third-order valence-corrected chi connectivity index (χ3v) is 6.08. The van der Waals surface area contributed by atoms with Crippen molar-refractivity contribution in [3.05, 3.63) is 34.9 Å². The number of amides is 1. The van der Waals surface area contributed by atoms with Gasteiger partial charge in [0.15, 0.2) is 0 Å². The molecule has 0 N–H and O–H groups in total. The van der Waals surface area contributed by atoms with Crippen LogP contribution in [0.1, 0.15) is 24.5 Å². The Morgan fingerprint density at radius 2 is 1.96 bits per heavy atom. The molecule has 1 aromatic carbocycles. The fraction of sp³-hybridized carbons (Fsp3) is 0.562. The normalized spacial score (nSPS) is 25.8. The largest absolute Gasteiger partial charge is 0.370 e. The molecule has 2 unspecified atom stereocenters. The van der Waals surface area contributed by atoms with Gasteiger partial charge < -0.3 is 9.64 Å². The van der Waals surface area contributed by atoms with Gasteiger partial charge in [0, 0.05) is 18.1 Å². The summed E-state index contributed by atoms with van der Waals surface area (Å²) in [7, 11) is -3.37. The van der Waals surface area contributed by atoms with Gasteiger partial charge in [-0.1, -0.05) is 23.7 Å². The van der Waals surface area contributed by atoms with Gasteiger partial charge in [0.05, 0.1) is 19.4 Å². The third-order valence-electron chi connectivity index (χ3n) is 4.53. The Bertz CT molecular complexity index is 707. The van der Waals surface area contributed by atoms with E-state index in [2.05, 4.69) is 0 Å². The lowest BCUT2D eigenvalue weighted by Crippen LogP contribution is -2.51. The molecule has 2 aliphatic rings. The molecular formula is C16H21ClN2O4S. The summed E-state index contributed by atoms with van der Waals surface area (Å²) in [5, 5.41) is 0.650. The van der Waals surface area contributed by atoms with Gasteiger partial charge in [-0.15, -0.1) is 0 Å². The molecule has 0 spiro atoms. The highest BCUT2D eigenvalue weighted by molar-refractivity contribution is 7.88. The van der Waals surface area contributed by atoms with Crippen LogP contribution in [0.15, 0.2) is 24.3 Å². The number of benzene rings is 1. The molecule has 2 aliphatic heterocycles. The van der Waals surface area contributed by atoms with Crippen molar-refractivity contribution in [2.24, 2.45) is 0 Å². The van der Waals surface area contributed by atoms with E-state index in [1.54, 1.807) is 17.0 Å². The molecule has 0 radical (unpaired) electrons. The first-order valence-corrected chi connectivity index (χ1v) is 10.2. The Morgan fingerprint density at radius 1 is 1.25 bits per heavy atom. The van der Waals surface area contributed by atoms with Gasteiger partial charge in [0.2, 0.25) is 15.9 Å². The summed E-state index contributed by atoms with van der Waals surface area (Å²) < 4.78 is 30.8. The molecule has 0 saturated carbocycles. The molecule has 1 aromatic rings. The van der Waals surface area contributed by atoms with E-state index in [-0.39, 0.29) is 12.0 Å². The summed E-state index contributed by atoms with van der Waals surface area (Å²) in [4.78, 5) is 14.6. The lowest BCUT2D eigenvalue weighted by atomic mass is 10.1. The summed E-state index contributed by atoms with van der Waals surface area (Å²) in [6, 6.07) is 6.79. The lowest BCUT2D eigenvalue weighted by molar-refractivity contribution is -0.142. The minimum absolute atomic E-state index is 0.125. The smallest absolute Gasteiger partial charge is 0.241 e. The first-order valence-electron chi connectivity index (χ1n) is 7.99. The van der Waals surface area contributed by atoms with Gasteiger partial charge in [0.1, 0.15) is 12.1 Å². The van der Waals surface area contributed by atoms with Crippen molar-refractivity contribution in [2.75, 3.05) is 32.5 Å². The maximum atomic E-state index is 12.8. The second-order valence-corrected chi connectivity index (χ2v) is 8.60. The zero-order valence-electron chi connectivity index (χ0n) is 13.5. The maximum absolute atomic E-state index is 12.8. The van der Waals surface area contributed by atoms with E-state index in [1.165, 1.54) is 4.31 Å². The summed E-state index contributed by atoms with van der Waals surface area (Å²) in [6.45, 7) is 1.76. The highest BCUT2D eigenvalue weighted by Gasteiger charge is 2.39. The first-order chi connectivity index (χ1) is 11.4. The summed E-state index contributed by atoms with van der Waals surface area (Å²) in [6.07, 6.45) is 2.24. The fourth-order valence-electron chi connectivity index (χ4n) is 3.32. The van der Waals surface area contributed by atoms with Crippen molar-refractivity contribution in [3.63, 3.8) is 0 Å². The molecule has 8 heteroatoms. The van der Waals surface area contributed by atoms with E-state index in [0.717, 1.165) is 11.8 Å². The molecule has 3 rings (SSSR count). The van der Waals surface area contributed by atoms with Crippen molar-refractivity contribution in [1.29, 1.82) is 0 Å². The number of morpholine rings is 1. The van der Waals surface area contributed by atoms with E-state index in [1.807, 2.05) is 12.1 Å². The van der Waals surface area contributed by atoms with Crippen molar-refractivity contribution < 1.29 is 17.9 Å². The third kappa shape index (κ3) is 3.74. The highest BCUT2D eigenvalue weighted by atomic mass is 35.5. The Morgan fingerprint density at radius 3 is 2.62 bits per heavy atom. The fourth-order valence-corrected chi connectivity index (χ4v) is 4.57. The SMILES string of the molecule is CS(=O)(=O)N1CCCC1C(=O)N1CCOC(c2ccc(Cl)cc2)C1. The van der Waals surface area contributed by atoms with Crippen molar-refractivity contribution in [2.45, 2.75) is 25.0 Å². The zero-order chi connectivity index (χ0) is 17.3. The van der Waals surface area contributed by atoms with Gasteiger partial charge in [-0.05, 0) is 30.5 Å². The van der Waals surface area contributed by atoms with E-state index >= 15 is 0 Å². The van der Waals surface area contributed by atoms with Gasteiger partial charge >= 0.3 is 0 Å². The van der Waals surface area contributed by atoms with Gasteiger partial charge in [-0.2, -0.15) is 4.31 Å². The summed E-state index contributed by atoms with van der Waals surface area (Å²) >= 11 is 5.91. The minimum atomic E-state index is -3.37. The molecule has 2 heterocycles. The molecule has 132 valence electrons. The second-order valence-electron chi connectivity index (χ2n) is 6.23. The molecule has 0 bridgehead atoms. The molecule has 6 nitrogen and oxygen atoms in total. The monoisotopic (exact) mass is 372 g/mol. The van der Waals surface area contributed by atoms with Gasteiger partial charge in [-0.25, -0.2) is 8.42 Å². The Hall–Kier alpha value is -1.15. The lowest BCUT2D eigenvalue weighted by Gasteiger charge is -2.36. The number of nitrogens with zero attached hydrogens (tertiary/aromatic N) is 2. The second kappa shape index (κ2) is 7.00. The van der Waals surface area contributed by atoms with E-state index in [9.17, 15) is 13.2 Å². The predicted octanol–water partition coefficient (Wildman–Crippen LogP) is 1.66. The zero-order valence-corrected chi connectivity index (χ0v) is 15.1. The molecule has 24 heavy (non-hydrogen) atoms. The molecule has 2 saturated heterocycles.